The number of fused-ring (bicyclic) bond motifs is 4. The van der Waals surface area contributed by atoms with E-state index in [4.69, 9.17) is 25.9 Å². The van der Waals surface area contributed by atoms with Crippen molar-refractivity contribution in [2.75, 3.05) is 21.3 Å². The molecular formula is C21H23ClN2O8S2. The number of ether oxygens (including phenoxy) is 2. The predicted molar refractivity (Wildman–Crippen MR) is 124 cm³/mol. The third-order valence-electron chi connectivity index (χ3n) is 6.79. The number of aromatic hydroxyl groups is 1. The molecule has 6 rings (SSSR count). The molecule has 1 aromatic carbocycles. The summed E-state index contributed by atoms with van der Waals surface area (Å²) in [6.07, 6.45) is 0.160. The maximum absolute atomic E-state index is 13.8. The van der Waals surface area contributed by atoms with Gasteiger partial charge >= 0.3 is 0 Å². The average Bonchev–Trinajstić information content (AvgIpc) is 3.00. The van der Waals surface area contributed by atoms with Crippen molar-refractivity contribution in [3.8, 4) is 17.2 Å². The van der Waals surface area contributed by atoms with Crippen molar-refractivity contribution in [3.05, 3.63) is 29.8 Å². The second-order valence-electron chi connectivity index (χ2n) is 8.59. The molecule has 0 aromatic heterocycles. The predicted octanol–water partition coefficient (Wildman–Crippen LogP) is 1.18. The van der Waals surface area contributed by atoms with Gasteiger partial charge < -0.3 is 29.7 Å². The first kappa shape index (κ1) is 23.9. The number of amides is 2. The highest BCUT2D eigenvalue weighted by Crippen LogP contribution is 2.62. The van der Waals surface area contributed by atoms with Crippen molar-refractivity contribution in [2.24, 2.45) is 0 Å². The van der Waals surface area contributed by atoms with E-state index in [9.17, 15) is 24.9 Å². The van der Waals surface area contributed by atoms with Gasteiger partial charge in [-0.1, -0.05) is 39.8 Å². The lowest BCUT2D eigenvalue weighted by Crippen LogP contribution is -2.77. The lowest BCUT2D eigenvalue weighted by atomic mass is 9.77. The van der Waals surface area contributed by atoms with Crippen LogP contribution in [0.2, 0.25) is 0 Å². The fourth-order valence-electron chi connectivity index (χ4n) is 5.01. The van der Waals surface area contributed by atoms with E-state index in [2.05, 4.69) is 0 Å². The van der Waals surface area contributed by atoms with Gasteiger partial charge in [-0.25, -0.2) is 0 Å². The molecule has 7 atom stereocenters. The molecule has 2 bridgehead atoms. The van der Waals surface area contributed by atoms with Gasteiger partial charge in [0.05, 0.1) is 24.8 Å². The summed E-state index contributed by atoms with van der Waals surface area (Å²) in [6, 6.07) is 2.20. The summed E-state index contributed by atoms with van der Waals surface area (Å²) in [5, 5.41) is 32.2. The van der Waals surface area contributed by atoms with E-state index in [0.717, 1.165) is 15.9 Å². The molecule has 184 valence electrons. The average molecular weight is 531 g/mol. The van der Waals surface area contributed by atoms with Gasteiger partial charge in [-0.2, -0.15) is 5.06 Å². The Morgan fingerprint density at radius 3 is 2.65 bits per heavy atom. The van der Waals surface area contributed by atoms with Gasteiger partial charge in [0, 0.05) is 19.0 Å². The van der Waals surface area contributed by atoms with Crippen LogP contribution in [0.5, 0.6) is 17.2 Å². The van der Waals surface area contributed by atoms with Gasteiger partial charge in [0.2, 0.25) is 10.6 Å². The number of piperazine rings is 1. The Bertz CT molecular complexity index is 1090. The number of benzene rings is 1. The van der Waals surface area contributed by atoms with Crippen molar-refractivity contribution >= 4 is 45.0 Å². The monoisotopic (exact) mass is 530 g/mol. The number of phenolic OH excluding ortho intramolecular Hbond substituents is 1. The zero-order valence-electron chi connectivity index (χ0n) is 18.4. The molecule has 4 aliphatic heterocycles. The number of methoxy groups -OCH3 is 2. The number of likely N-dealkylation sites (N-methyl/N-ethyl adjacent to an activating group) is 1. The van der Waals surface area contributed by atoms with E-state index in [1.807, 2.05) is 0 Å². The van der Waals surface area contributed by atoms with E-state index in [1.54, 1.807) is 12.1 Å². The SMILES string of the molecule is COc1ccc([C@@H]2SS[C@@]34C[C@]5(O)[C@H](Cl)C=C[C@@H](O)[C@@H]5ON3C(=O)C2N(C)C4=O)c(O)c1OC. The quantitative estimate of drug-likeness (QED) is 0.297. The van der Waals surface area contributed by atoms with Crippen molar-refractivity contribution in [2.45, 2.75) is 45.8 Å². The number of phenols is 1. The summed E-state index contributed by atoms with van der Waals surface area (Å²) < 4.78 is 10.5. The molecule has 10 nitrogen and oxygen atoms in total. The molecular weight excluding hydrogens is 508 g/mol. The molecule has 0 saturated carbocycles. The Labute approximate surface area is 208 Å². The van der Waals surface area contributed by atoms with Crippen LogP contribution in [0.25, 0.3) is 0 Å². The minimum Gasteiger partial charge on any atom is -0.504 e. The number of carbonyl (C=O) groups excluding carboxylic acids is 2. The molecule has 2 amide bonds. The first-order valence-electron chi connectivity index (χ1n) is 10.4. The molecule has 4 saturated heterocycles. The standard InChI is InChI=1S/C21H23ClN2O8S2/c1-23-13-16(9-4-6-11(30-2)15(31-3)14(9)26)33-34-21(19(23)28)8-20(29)12(22)7-5-10(25)17(20)32-24(21)18(13)27/h4-7,10,12-13,16-17,25-26,29H,8H2,1-3H3/t10-,12-,13?,16+,17+,20+,21-/m1/s1. The second-order valence-corrected chi connectivity index (χ2v) is 11.7. The van der Waals surface area contributed by atoms with E-state index in [1.165, 1.54) is 49.1 Å². The first-order chi connectivity index (χ1) is 16.1. The number of aliphatic hydroxyl groups is 2. The molecule has 13 heteroatoms. The summed E-state index contributed by atoms with van der Waals surface area (Å²) in [7, 11) is 6.61. The van der Waals surface area contributed by atoms with Crippen LogP contribution in [0.1, 0.15) is 17.2 Å². The highest BCUT2D eigenvalue weighted by Gasteiger charge is 2.70. The fourth-order valence-corrected chi connectivity index (χ4v) is 8.97. The minimum absolute atomic E-state index is 0.109. The van der Waals surface area contributed by atoms with Gasteiger partial charge in [-0.05, 0) is 6.07 Å². The number of hydrogen-bond donors (Lipinski definition) is 3. The molecule has 3 N–H and O–H groups in total. The Kier molecular flexibility index (Phi) is 5.69. The summed E-state index contributed by atoms with van der Waals surface area (Å²) in [5.41, 5.74) is -1.42. The molecule has 0 radical (unpaired) electrons. The molecule has 4 heterocycles. The zero-order valence-corrected chi connectivity index (χ0v) is 20.8. The molecule has 1 spiro atoms. The summed E-state index contributed by atoms with van der Waals surface area (Å²) in [5.74, 6) is -0.763. The van der Waals surface area contributed by atoms with E-state index < -0.39 is 51.2 Å². The highest BCUT2D eigenvalue weighted by atomic mass is 35.5. The van der Waals surface area contributed by atoms with E-state index in [-0.39, 0.29) is 17.9 Å². The van der Waals surface area contributed by atoms with Crippen molar-refractivity contribution in [1.29, 1.82) is 0 Å². The third kappa shape index (κ3) is 3.02. The highest BCUT2D eigenvalue weighted by molar-refractivity contribution is 8.77. The Morgan fingerprint density at radius 1 is 1.24 bits per heavy atom. The van der Waals surface area contributed by atoms with Crippen LogP contribution in [0, 0.1) is 0 Å². The molecule has 1 aromatic rings. The largest absolute Gasteiger partial charge is 0.504 e. The number of rotatable bonds is 3. The van der Waals surface area contributed by atoms with Crippen LogP contribution in [0.15, 0.2) is 24.3 Å². The Balaban J connectivity index is 1.61. The van der Waals surface area contributed by atoms with Gasteiger partial charge in [0.15, 0.2) is 11.5 Å². The van der Waals surface area contributed by atoms with Crippen LogP contribution in [-0.4, -0.2) is 92.5 Å². The van der Waals surface area contributed by atoms with Crippen LogP contribution in [-0.2, 0) is 14.4 Å². The summed E-state index contributed by atoms with van der Waals surface area (Å²) in [4.78, 5) is 33.0. The molecule has 34 heavy (non-hydrogen) atoms. The zero-order chi connectivity index (χ0) is 24.6. The van der Waals surface area contributed by atoms with E-state index >= 15 is 0 Å². The summed E-state index contributed by atoms with van der Waals surface area (Å²) >= 11 is 6.40. The minimum atomic E-state index is -1.80. The maximum Gasteiger partial charge on any atom is 0.272 e. The molecule has 4 fully saturated rings. The van der Waals surface area contributed by atoms with Gasteiger partial charge in [-0.15, -0.1) is 11.6 Å². The number of aliphatic hydroxyl groups excluding tert-OH is 1. The fraction of sp³-hybridized carbons (Fsp3) is 0.524. The van der Waals surface area contributed by atoms with Gasteiger partial charge in [0.1, 0.15) is 23.9 Å². The lowest BCUT2D eigenvalue weighted by molar-refractivity contribution is -0.316. The molecule has 5 aliphatic rings. The smallest absolute Gasteiger partial charge is 0.272 e. The van der Waals surface area contributed by atoms with Crippen LogP contribution >= 0.6 is 33.2 Å². The van der Waals surface area contributed by atoms with Crippen molar-refractivity contribution in [1.82, 2.24) is 9.96 Å². The van der Waals surface area contributed by atoms with Gasteiger partial charge in [-0.3, -0.25) is 14.4 Å². The number of carbonyl (C=O) groups is 2. The number of hydrogen-bond acceptors (Lipinski definition) is 10. The van der Waals surface area contributed by atoms with E-state index in [0.29, 0.717) is 11.3 Å². The third-order valence-corrected chi connectivity index (χ3v) is 10.6. The lowest BCUT2D eigenvalue weighted by Gasteiger charge is -2.57. The van der Waals surface area contributed by atoms with Crippen LogP contribution in [0.4, 0.5) is 0 Å². The molecule has 1 aliphatic carbocycles. The second kappa shape index (κ2) is 8.10. The number of halogens is 1. The Morgan fingerprint density at radius 2 is 1.97 bits per heavy atom. The maximum atomic E-state index is 13.8. The number of alkyl halides is 1. The first-order valence-corrected chi connectivity index (χ1v) is 13.0. The number of hydroxylamine groups is 2. The van der Waals surface area contributed by atoms with Crippen LogP contribution in [0.3, 0.4) is 0 Å². The Hall–Kier alpha value is -1.83. The van der Waals surface area contributed by atoms with Crippen molar-refractivity contribution in [3.63, 3.8) is 0 Å². The summed E-state index contributed by atoms with van der Waals surface area (Å²) in [6.45, 7) is 0. The number of nitrogens with zero attached hydrogens (tertiary/aromatic N) is 2. The topological polar surface area (TPSA) is 129 Å². The van der Waals surface area contributed by atoms with Crippen molar-refractivity contribution < 1.29 is 39.2 Å². The molecule has 1 unspecified atom stereocenters. The normalized spacial score (nSPS) is 38.9. The van der Waals surface area contributed by atoms with Crippen LogP contribution < -0.4 is 9.47 Å². The van der Waals surface area contributed by atoms with Gasteiger partial charge in [0.25, 0.3) is 11.8 Å².